The quantitative estimate of drug-likeness (QED) is 0.640. The van der Waals surface area contributed by atoms with E-state index in [2.05, 4.69) is 15.3 Å². The summed E-state index contributed by atoms with van der Waals surface area (Å²) in [5, 5.41) is 0.300. The Kier molecular flexibility index (Phi) is 3.88. The van der Waals surface area contributed by atoms with E-state index in [4.69, 9.17) is 11.6 Å². The number of nitrogens with zero attached hydrogens (tertiary/aromatic N) is 1. The molecule has 5 heteroatoms. The Hall–Kier alpha value is -1.13. The number of halogens is 1. The fourth-order valence-electron chi connectivity index (χ4n) is 1.16. The smallest absolute Gasteiger partial charge is 0.275 e. The molecule has 1 heterocycles. The van der Waals surface area contributed by atoms with Crippen molar-refractivity contribution in [2.75, 3.05) is 7.11 Å². The Labute approximate surface area is 99.9 Å². The molecule has 1 N–H and O–H groups in total. The molecule has 0 aliphatic rings. The van der Waals surface area contributed by atoms with E-state index >= 15 is 0 Å². The predicted molar refractivity (Wildman–Crippen MR) is 62.4 cm³/mol. The van der Waals surface area contributed by atoms with Gasteiger partial charge >= 0.3 is 0 Å². The van der Waals surface area contributed by atoms with Crippen LogP contribution < -0.4 is 5.48 Å². The summed E-state index contributed by atoms with van der Waals surface area (Å²) in [5.41, 5.74) is 3.28. The minimum absolute atomic E-state index is 0.160. The second kappa shape index (κ2) is 4.80. The van der Waals surface area contributed by atoms with E-state index in [0.29, 0.717) is 10.7 Å². The number of carbonyl (C=O) groups excluding carboxylic acids is 1. The molecule has 0 unspecified atom stereocenters. The average molecular weight is 243 g/mol. The van der Waals surface area contributed by atoms with Crippen LogP contribution in [0.1, 0.15) is 36.8 Å². The Morgan fingerprint density at radius 3 is 2.56 bits per heavy atom. The molecule has 0 saturated heterocycles. The first kappa shape index (κ1) is 12.9. The van der Waals surface area contributed by atoms with E-state index in [1.54, 1.807) is 6.07 Å². The SMILES string of the molecule is CONC(=O)c1cc(Cl)nc(C(C)(C)C)c1. The molecule has 0 saturated carbocycles. The van der Waals surface area contributed by atoms with Crippen LogP contribution in [-0.4, -0.2) is 18.0 Å². The van der Waals surface area contributed by atoms with Crippen molar-refractivity contribution in [2.24, 2.45) is 0 Å². The lowest BCUT2D eigenvalue weighted by atomic mass is 9.91. The van der Waals surface area contributed by atoms with Crippen molar-refractivity contribution in [3.63, 3.8) is 0 Å². The summed E-state index contributed by atoms with van der Waals surface area (Å²) in [6.07, 6.45) is 0. The topological polar surface area (TPSA) is 51.2 Å². The Morgan fingerprint density at radius 1 is 1.44 bits per heavy atom. The van der Waals surface area contributed by atoms with E-state index in [-0.39, 0.29) is 11.3 Å². The van der Waals surface area contributed by atoms with Crippen molar-refractivity contribution in [3.8, 4) is 0 Å². The van der Waals surface area contributed by atoms with Gasteiger partial charge in [0.1, 0.15) is 5.15 Å². The largest absolute Gasteiger partial charge is 0.277 e. The molecule has 0 aromatic carbocycles. The van der Waals surface area contributed by atoms with Crippen molar-refractivity contribution in [2.45, 2.75) is 26.2 Å². The third-order valence-corrected chi connectivity index (χ3v) is 2.21. The van der Waals surface area contributed by atoms with Gasteiger partial charge in [-0.1, -0.05) is 32.4 Å². The lowest BCUT2D eigenvalue weighted by molar-refractivity contribution is 0.0537. The zero-order valence-corrected chi connectivity index (χ0v) is 10.6. The summed E-state index contributed by atoms with van der Waals surface area (Å²) in [7, 11) is 1.38. The molecule has 1 amide bonds. The minimum Gasteiger partial charge on any atom is -0.277 e. The summed E-state index contributed by atoms with van der Waals surface area (Å²) in [6, 6.07) is 3.21. The molecular weight excluding hydrogens is 228 g/mol. The van der Waals surface area contributed by atoms with E-state index in [9.17, 15) is 4.79 Å². The standard InChI is InChI=1S/C11H15ClN2O2/c1-11(2,3)8-5-7(6-9(12)13-8)10(15)14-16-4/h5-6H,1-4H3,(H,14,15). The van der Waals surface area contributed by atoms with Gasteiger partial charge in [0.2, 0.25) is 0 Å². The van der Waals surface area contributed by atoms with Crippen LogP contribution in [0, 0.1) is 0 Å². The highest BCUT2D eigenvalue weighted by molar-refractivity contribution is 6.29. The van der Waals surface area contributed by atoms with Gasteiger partial charge in [-0.05, 0) is 12.1 Å². The minimum atomic E-state index is -0.336. The number of nitrogens with one attached hydrogen (secondary N) is 1. The number of hydrogen-bond acceptors (Lipinski definition) is 3. The van der Waals surface area contributed by atoms with Gasteiger partial charge in [0.25, 0.3) is 5.91 Å². The first-order chi connectivity index (χ1) is 7.34. The Bertz CT molecular complexity index is 399. The van der Waals surface area contributed by atoms with Crippen molar-refractivity contribution in [1.29, 1.82) is 0 Å². The van der Waals surface area contributed by atoms with Crippen molar-refractivity contribution < 1.29 is 9.63 Å². The highest BCUT2D eigenvalue weighted by atomic mass is 35.5. The third kappa shape index (κ3) is 3.18. The number of hydrogen-bond donors (Lipinski definition) is 1. The van der Waals surface area contributed by atoms with E-state index in [1.807, 2.05) is 20.8 Å². The van der Waals surface area contributed by atoms with Crippen LogP contribution in [0.3, 0.4) is 0 Å². The molecule has 88 valence electrons. The number of pyridine rings is 1. The molecule has 0 fully saturated rings. The first-order valence-electron chi connectivity index (χ1n) is 4.86. The summed E-state index contributed by atoms with van der Waals surface area (Å²) < 4.78 is 0. The maximum absolute atomic E-state index is 11.6. The van der Waals surface area contributed by atoms with Gasteiger partial charge in [-0.25, -0.2) is 10.5 Å². The molecule has 1 rings (SSSR count). The molecule has 0 atom stereocenters. The lowest BCUT2D eigenvalue weighted by Crippen LogP contribution is -2.23. The van der Waals surface area contributed by atoms with Crippen LogP contribution >= 0.6 is 11.6 Å². The lowest BCUT2D eigenvalue weighted by Gasteiger charge is -2.18. The summed E-state index contributed by atoms with van der Waals surface area (Å²) >= 11 is 5.87. The monoisotopic (exact) mass is 242 g/mol. The third-order valence-electron chi connectivity index (χ3n) is 2.02. The molecule has 0 bridgehead atoms. The summed E-state index contributed by atoms with van der Waals surface area (Å²) in [4.78, 5) is 20.3. The maximum Gasteiger partial charge on any atom is 0.275 e. The van der Waals surface area contributed by atoms with E-state index in [0.717, 1.165) is 5.69 Å². The zero-order valence-electron chi connectivity index (χ0n) is 9.80. The number of rotatable bonds is 2. The summed E-state index contributed by atoms with van der Waals surface area (Å²) in [6.45, 7) is 6.01. The molecule has 1 aromatic rings. The molecule has 0 aliphatic heterocycles. The van der Waals surface area contributed by atoms with Crippen LogP contribution in [0.5, 0.6) is 0 Å². The van der Waals surface area contributed by atoms with Crippen molar-refractivity contribution >= 4 is 17.5 Å². The van der Waals surface area contributed by atoms with Crippen LogP contribution in [-0.2, 0) is 10.3 Å². The molecule has 0 radical (unpaired) electrons. The fraction of sp³-hybridized carbons (Fsp3) is 0.455. The number of hydroxylamine groups is 1. The highest BCUT2D eigenvalue weighted by Crippen LogP contribution is 2.23. The number of amides is 1. The van der Waals surface area contributed by atoms with Gasteiger partial charge in [0.15, 0.2) is 0 Å². The molecule has 0 aliphatic carbocycles. The molecule has 16 heavy (non-hydrogen) atoms. The van der Waals surface area contributed by atoms with Crippen LogP contribution in [0.25, 0.3) is 0 Å². The van der Waals surface area contributed by atoms with Gasteiger partial charge < -0.3 is 0 Å². The van der Waals surface area contributed by atoms with Gasteiger partial charge in [-0.2, -0.15) is 0 Å². The van der Waals surface area contributed by atoms with E-state index < -0.39 is 0 Å². The van der Waals surface area contributed by atoms with Gasteiger partial charge in [0, 0.05) is 16.7 Å². The molecule has 4 nitrogen and oxygen atoms in total. The van der Waals surface area contributed by atoms with Gasteiger partial charge in [0.05, 0.1) is 7.11 Å². The average Bonchev–Trinajstić information content (AvgIpc) is 2.16. The fourth-order valence-corrected chi connectivity index (χ4v) is 1.37. The summed E-state index contributed by atoms with van der Waals surface area (Å²) in [5.74, 6) is -0.336. The normalized spacial score (nSPS) is 11.3. The van der Waals surface area contributed by atoms with Crippen LogP contribution in [0.4, 0.5) is 0 Å². The maximum atomic E-state index is 11.6. The number of carbonyl (C=O) groups is 1. The Morgan fingerprint density at radius 2 is 2.06 bits per heavy atom. The predicted octanol–water partition coefficient (Wildman–Crippen LogP) is 2.32. The van der Waals surface area contributed by atoms with Crippen molar-refractivity contribution in [1.82, 2.24) is 10.5 Å². The molecule has 1 aromatic heterocycles. The Balaban J connectivity index is 3.13. The second-order valence-corrected chi connectivity index (χ2v) is 4.84. The highest BCUT2D eigenvalue weighted by Gasteiger charge is 2.18. The first-order valence-corrected chi connectivity index (χ1v) is 5.24. The van der Waals surface area contributed by atoms with E-state index in [1.165, 1.54) is 13.2 Å². The molecular formula is C11H15ClN2O2. The van der Waals surface area contributed by atoms with Crippen molar-refractivity contribution in [3.05, 3.63) is 28.5 Å². The molecule has 0 spiro atoms. The van der Waals surface area contributed by atoms with Crippen LogP contribution in [0.15, 0.2) is 12.1 Å². The van der Waals surface area contributed by atoms with Gasteiger partial charge in [-0.3, -0.25) is 9.63 Å². The zero-order chi connectivity index (χ0) is 12.3. The second-order valence-electron chi connectivity index (χ2n) is 4.45. The van der Waals surface area contributed by atoms with Crippen LogP contribution in [0.2, 0.25) is 5.15 Å². The van der Waals surface area contributed by atoms with Gasteiger partial charge in [-0.15, -0.1) is 0 Å². The number of aromatic nitrogens is 1.